The molecule has 0 atom stereocenters. The molecule has 0 spiro atoms. The van der Waals surface area contributed by atoms with E-state index in [1.54, 1.807) is 7.11 Å². The van der Waals surface area contributed by atoms with Gasteiger partial charge in [-0.2, -0.15) is 13.2 Å². The minimum absolute atomic E-state index is 0.0733. The highest BCUT2D eigenvalue weighted by atomic mass is 35.5. The first kappa shape index (κ1) is 15.1. The second-order valence-corrected chi connectivity index (χ2v) is 4.29. The van der Waals surface area contributed by atoms with Gasteiger partial charge in [0, 0.05) is 31.0 Å². The Bertz CT molecular complexity index is 382. The van der Waals surface area contributed by atoms with Crippen LogP contribution in [0.2, 0.25) is 5.02 Å². The Balaban J connectivity index is 2.58. The lowest BCUT2D eigenvalue weighted by molar-refractivity contribution is -0.137. The Labute approximate surface area is 109 Å². The van der Waals surface area contributed by atoms with Gasteiger partial charge in [-0.05, 0) is 31.0 Å². The van der Waals surface area contributed by atoms with Crippen molar-refractivity contribution in [2.24, 2.45) is 0 Å². The molecule has 0 bridgehead atoms. The number of rotatable bonds is 6. The van der Waals surface area contributed by atoms with E-state index in [1.165, 1.54) is 6.07 Å². The van der Waals surface area contributed by atoms with Crippen molar-refractivity contribution in [3.63, 3.8) is 0 Å². The molecule has 1 rings (SSSR count). The molecular formula is C12H15ClF3NO. The van der Waals surface area contributed by atoms with Gasteiger partial charge >= 0.3 is 6.18 Å². The van der Waals surface area contributed by atoms with Crippen LogP contribution in [0.15, 0.2) is 18.2 Å². The molecule has 0 radical (unpaired) electrons. The molecule has 0 aliphatic carbocycles. The number of ether oxygens (including phenoxy) is 1. The fourth-order valence-electron chi connectivity index (χ4n) is 1.46. The molecule has 0 unspecified atom stereocenters. The fourth-order valence-corrected chi connectivity index (χ4v) is 1.69. The summed E-state index contributed by atoms with van der Waals surface area (Å²) in [4.78, 5) is 0. The van der Waals surface area contributed by atoms with Gasteiger partial charge in [-0.1, -0.05) is 11.6 Å². The quantitative estimate of drug-likeness (QED) is 0.789. The highest BCUT2D eigenvalue weighted by Gasteiger charge is 2.31. The van der Waals surface area contributed by atoms with Crippen molar-refractivity contribution < 1.29 is 17.9 Å². The molecule has 102 valence electrons. The Morgan fingerprint density at radius 2 is 1.94 bits per heavy atom. The molecule has 2 nitrogen and oxygen atoms in total. The molecule has 0 saturated heterocycles. The zero-order valence-electron chi connectivity index (χ0n) is 9.98. The largest absolute Gasteiger partial charge is 0.416 e. The highest BCUT2D eigenvalue weighted by molar-refractivity contribution is 6.30. The number of unbranched alkanes of at least 4 members (excludes halogenated alkanes) is 1. The Kier molecular flexibility index (Phi) is 5.75. The predicted octanol–water partition coefficient (Wildman–Crippen LogP) is 4.20. The molecule has 0 saturated carbocycles. The molecule has 0 aromatic heterocycles. The van der Waals surface area contributed by atoms with E-state index in [-0.39, 0.29) is 5.02 Å². The number of methoxy groups -OCH3 is 1. The molecule has 0 heterocycles. The molecule has 1 aromatic rings. The van der Waals surface area contributed by atoms with Gasteiger partial charge in [-0.3, -0.25) is 0 Å². The van der Waals surface area contributed by atoms with Crippen LogP contribution in [0.5, 0.6) is 0 Å². The number of halogens is 4. The van der Waals surface area contributed by atoms with Crippen molar-refractivity contribution in [3.8, 4) is 0 Å². The van der Waals surface area contributed by atoms with Gasteiger partial charge in [-0.25, -0.2) is 0 Å². The van der Waals surface area contributed by atoms with Gasteiger partial charge in [0.1, 0.15) is 0 Å². The third-order valence-corrected chi connectivity index (χ3v) is 2.55. The fraction of sp³-hybridized carbons (Fsp3) is 0.500. The zero-order chi connectivity index (χ0) is 13.6. The summed E-state index contributed by atoms with van der Waals surface area (Å²) in [5, 5.41) is 2.99. The molecule has 0 aliphatic heterocycles. The van der Waals surface area contributed by atoms with Crippen molar-refractivity contribution in [2.75, 3.05) is 25.6 Å². The Morgan fingerprint density at radius 1 is 1.22 bits per heavy atom. The van der Waals surface area contributed by atoms with E-state index in [9.17, 15) is 13.2 Å². The summed E-state index contributed by atoms with van der Waals surface area (Å²) < 4.78 is 42.5. The van der Waals surface area contributed by atoms with Crippen molar-refractivity contribution in [2.45, 2.75) is 19.0 Å². The van der Waals surface area contributed by atoms with E-state index in [0.29, 0.717) is 18.8 Å². The number of nitrogens with one attached hydrogen (secondary N) is 1. The van der Waals surface area contributed by atoms with Gasteiger partial charge in [0.2, 0.25) is 0 Å². The Morgan fingerprint density at radius 3 is 2.56 bits per heavy atom. The van der Waals surface area contributed by atoms with Gasteiger partial charge in [-0.15, -0.1) is 0 Å². The molecule has 0 amide bonds. The van der Waals surface area contributed by atoms with Crippen LogP contribution in [0.1, 0.15) is 18.4 Å². The SMILES string of the molecule is COCCCCNc1cc(Cl)cc(C(F)(F)F)c1. The van der Waals surface area contributed by atoms with Crippen molar-refractivity contribution in [3.05, 3.63) is 28.8 Å². The minimum atomic E-state index is -4.38. The van der Waals surface area contributed by atoms with E-state index in [0.717, 1.165) is 25.0 Å². The summed E-state index contributed by atoms with van der Waals surface area (Å²) in [5.41, 5.74) is -0.360. The predicted molar refractivity (Wildman–Crippen MR) is 66.1 cm³/mol. The van der Waals surface area contributed by atoms with Gasteiger partial charge in [0.15, 0.2) is 0 Å². The van der Waals surface area contributed by atoms with Crippen LogP contribution >= 0.6 is 11.6 Å². The topological polar surface area (TPSA) is 21.3 Å². The normalized spacial score (nSPS) is 11.6. The molecule has 1 aromatic carbocycles. The monoisotopic (exact) mass is 281 g/mol. The van der Waals surface area contributed by atoms with E-state index in [2.05, 4.69) is 5.32 Å². The third-order valence-electron chi connectivity index (χ3n) is 2.33. The van der Waals surface area contributed by atoms with Crippen molar-refractivity contribution in [1.29, 1.82) is 0 Å². The summed E-state index contributed by atoms with van der Waals surface area (Å²) in [6.07, 6.45) is -2.70. The van der Waals surface area contributed by atoms with Crippen LogP contribution in [-0.4, -0.2) is 20.3 Å². The van der Waals surface area contributed by atoms with E-state index in [1.807, 2.05) is 0 Å². The molecule has 6 heteroatoms. The average molecular weight is 282 g/mol. The van der Waals surface area contributed by atoms with Crippen molar-refractivity contribution >= 4 is 17.3 Å². The van der Waals surface area contributed by atoms with Crippen LogP contribution in [0.4, 0.5) is 18.9 Å². The van der Waals surface area contributed by atoms with Gasteiger partial charge in [0.25, 0.3) is 0 Å². The van der Waals surface area contributed by atoms with Crippen LogP contribution < -0.4 is 5.32 Å². The maximum atomic E-state index is 12.5. The first-order valence-electron chi connectivity index (χ1n) is 5.54. The standard InChI is InChI=1S/C12H15ClF3NO/c1-18-5-3-2-4-17-11-7-9(12(14,15)16)6-10(13)8-11/h6-8,17H,2-5H2,1H3. The van der Waals surface area contributed by atoms with E-state index in [4.69, 9.17) is 16.3 Å². The maximum Gasteiger partial charge on any atom is 0.416 e. The summed E-state index contributed by atoms with van der Waals surface area (Å²) >= 11 is 5.66. The van der Waals surface area contributed by atoms with Gasteiger partial charge in [0.05, 0.1) is 5.56 Å². The molecule has 0 aliphatic rings. The first-order chi connectivity index (χ1) is 8.43. The lowest BCUT2D eigenvalue weighted by atomic mass is 10.2. The smallest absolute Gasteiger partial charge is 0.385 e. The zero-order valence-corrected chi connectivity index (χ0v) is 10.7. The number of hydrogen-bond donors (Lipinski definition) is 1. The van der Waals surface area contributed by atoms with E-state index < -0.39 is 11.7 Å². The minimum Gasteiger partial charge on any atom is -0.385 e. The molecule has 0 fully saturated rings. The number of hydrogen-bond acceptors (Lipinski definition) is 2. The first-order valence-corrected chi connectivity index (χ1v) is 5.92. The van der Waals surface area contributed by atoms with Crippen LogP contribution in [-0.2, 0) is 10.9 Å². The summed E-state index contributed by atoms with van der Waals surface area (Å²) in [6, 6.07) is 3.45. The third kappa shape index (κ3) is 5.14. The molecule has 1 N–H and O–H groups in total. The Hall–Kier alpha value is -0.940. The van der Waals surface area contributed by atoms with E-state index >= 15 is 0 Å². The van der Waals surface area contributed by atoms with Gasteiger partial charge < -0.3 is 10.1 Å². The van der Waals surface area contributed by atoms with Crippen LogP contribution in [0.25, 0.3) is 0 Å². The lowest BCUT2D eigenvalue weighted by Gasteiger charge is -2.11. The lowest BCUT2D eigenvalue weighted by Crippen LogP contribution is -2.07. The van der Waals surface area contributed by atoms with Crippen LogP contribution in [0, 0.1) is 0 Å². The second kappa shape index (κ2) is 6.85. The summed E-state index contributed by atoms with van der Waals surface area (Å²) in [5.74, 6) is 0. The average Bonchev–Trinajstić information content (AvgIpc) is 2.27. The molecular weight excluding hydrogens is 267 g/mol. The number of alkyl halides is 3. The number of anilines is 1. The summed E-state index contributed by atoms with van der Waals surface area (Å²) in [6.45, 7) is 1.23. The highest BCUT2D eigenvalue weighted by Crippen LogP contribution is 2.33. The van der Waals surface area contributed by atoms with Crippen molar-refractivity contribution in [1.82, 2.24) is 0 Å². The molecule has 18 heavy (non-hydrogen) atoms. The summed E-state index contributed by atoms with van der Waals surface area (Å²) in [7, 11) is 1.61. The maximum absolute atomic E-state index is 12.5. The van der Waals surface area contributed by atoms with Crippen LogP contribution in [0.3, 0.4) is 0 Å². The second-order valence-electron chi connectivity index (χ2n) is 3.85. The number of benzene rings is 1.